The molecule has 0 saturated heterocycles. The Morgan fingerprint density at radius 3 is 2.05 bits per heavy atom. The average Bonchev–Trinajstić information content (AvgIpc) is 2.44. The van der Waals surface area contributed by atoms with Gasteiger partial charge in [0, 0.05) is 25.2 Å². The van der Waals surface area contributed by atoms with Crippen molar-refractivity contribution in [3.05, 3.63) is 0 Å². The van der Waals surface area contributed by atoms with Gasteiger partial charge in [0.05, 0.1) is 0 Å². The SMILES string of the molecule is CCC(C)(C)C1CCC(CN)(N(C)CCN(C)C)CC1. The zero-order valence-electron chi connectivity index (χ0n) is 14.7. The summed E-state index contributed by atoms with van der Waals surface area (Å²) in [5.41, 5.74) is 6.91. The van der Waals surface area contributed by atoms with E-state index in [1.54, 1.807) is 0 Å². The van der Waals surface area contributed by atoms with Gasteiger partial charge in [-0.1, -0.05) is 27.2 Å². The molecule has 1 aliphatic carbocycles. The second-order valence-electron chi connectivity index (χ2n) is 7.77. The lowest BCUT2D eigenvalue weighted by Gasteiger charge is -2.49. The third kappa shape index (κ3) is 4.19. The molecule has 1 fully saturated rings. The highest BCUT2D eigenvalue weighted by molar-refractivity contribution is 4.97. The van der Waals surface area contributed by atoms with E-state index in [1.165, 1.54) is 32.1 Å². The summed E-state index contributed by atoms with van der Waals surface area (Å²) < 4.78 is 0. The standard InChI is InChI=1S/C17H37N3/c1-7-16(2,3)15-8-10-17(14-18,11-9-15)20(6)13-12-19(4)5/h15H,7-14,18H2,1-6H3. The zero-order chi connectivity index (χ0) is 15.4. The van der Waals surface area contributed by atoms with Crippen LogP contribution in [0, 0.1) is 11.3 Å². The van der Waals surface area contributed by atoms with E-state index in [4.69, 9.17) is 5.73 Å². The van der Waals surface area contributed by atoms with E-state index < -0.39 is 0 Å². The highest BCUT2D eigenvalue weighted by Crippen LogP contribution is 2.44. The van der Waals surface area contributed by atoms with Gasteiger partial charge in [-0.3, -0.25) is 4.90 Å². The molecule has 1 saturated carbocycles. The summed E-state index contributed by atoms with van der Waals surface area (Å²) in [5.74, 6) is 0.870. The van der Waals surface area contributed by atoms with Gasteiger partial charge in [0.15, 0.2) is 0 Å². The van der Waals surface area contributed by atoms with Crippen LogP contribution in [0.5, 0.6) is 0 Å². The lowest BCUT2D eigenvalue weighted by Crippen LogP contribution is -2.56. The fourth-order valence-electron chi connectivity index (χ4n) is 3.55. The van der Waals surface area contributed by atoms with Crippen LogP contribution in [0.4, 0.5) is 0 Å². The molecular formula is C17H37N3. The van der Waals surface area contributed by atoms with Crippen molar-refractivity contribution in [3.8, 4) is 0 Å². The van der Waals surface area contributed by atoms with Crippen molar-refractivity contribution in [3.63, 3.8) is 0 Å². The molecule has 0 aliphatic heterocycles. The minimum Gasteiger partial charge on any atom is -0.329 e. The van der Waals surface area contributed by atoms with E-state index in [2.05, 4.69) is 51.7 Å². The van der Waals surface area contributed by atoms with Gasteiger partial charge in [0.1, 0.15) is 0 Å². The first-order valence-electron chi connectivity index (χ1n) is 8.33. The number of hydrogen-bond donors (Lipinski definition) is 1. The Balaban J connectivity index is 2.61. The number of rotatable bonds is 7. The van der Waals surface area contributed by atoms with E-state index >= 15 is 0 Å². The summed E-state index contributed by atoms with van der Waals surface area (Å²) >= 11 is 0. The second-order valence-corrected chi connectivity index (χ2v) is 7.77. The molecule has 0 aromatic rings. The third-order valence-electron chi connectivity index (χ3n) is 6.01. The Kier molecular flexibility index (Phi) is 6.49. The van der Waals surface area contributed by atoms with Gasteiger partial charge in [-0.15, -0.1) is 0 Å². The van der Waals surface area contributed by atoms with Crippen LogP contribution in [0.15, 0.2) is 0 Å². The monoisotopic (exact) mass is 283 g/mol. The fraction of sp³-hybridized carbons (Fsp3) is 1.00. The molecule has 0 bridgehead atoms. The van der Waals surface area contributed by atoms with Crippen LogP contribution >= 0.6 is 0 Å². The van der Waals surface area contributed by atoms with Gasteiger partial charge in [-0.05, 0) is 58.2 Å². The van der Waals surface area contributed by atoms with Gasteiger partial charge < -0.3 is 10.6 Å². The van der Waals surface area contributed by atoms with Crippen LogP contribution in [0.3, 0.4) is 0 Å². The van der Waals surface area contributed by atoms with Crippen molar-refractivity contribution < 1.29 is 0 Å². The van der Waals surface area contributed by atoms with Crippen molar-refractivity contribution in [1.29, 1.82) is 0 Å². The van der Waals surface area contributed by atoms with Crippen LogP contribution < -0.4 is 5.73 Å². The summed E-state index contributed by atoms with van der Waals surface area (Å²) in [6.45, 7) is 10.2. The molecule has 1 aliphatic rings. The molecule has 0 spiro atoms. The minimum atomic E-state index is 0.246. The number of nitrogens with zero attached hydrogens (tertiary/aromatic N) is 2. The second kappa shape index (κ2) is 7.24. The molecule has 0 unspecified atom stereocenters. The predicted molar refractivity (Wildman–Crippen MR) is 89.0 cm³/mol. The number of likely N-dealkylation sites (N-methyl/N-ethyl adjacent to an activating group) is 2. The Morgan fingerprint density at radius 2 is 1.65 bits per heavy atom. The maximum Gasteiger partial charge on any atom is 0.0329 e. The first-order valence-corrected chi connectivity index (χ1v) is 8.33. The highest BCUT2D eigenvalue weighted by atomic mass is 15.2. The van der Waals surface area contributed by atoms with Crippen LogP contribution in [-0.4, -0.2) is 56.1 Å². The lowest BCUT2D eigenvalue weighted by molar-refractivity contribution is 0.0294. The summed E-state index contributed by atoms with van der Waals surface area (Å²) in [7, 11) is 6.55. The maximum atomic E-state index is 6.18. The molecule has 0 heterocycles. The van der Waals surface area contributed by atoms with Crippen LogP contribution in [-0.2, 0) is 0 Å². The van der Waals surface area contributed by atoms with Gasteiger partial charge >= 0.3 is 0 Å². The Labute approximate surface area is 126 Å². The van der Waals surface area contributed by atoms with Crippen molar-refractivity contribution in [2.75, 3.05) is 40.8 Å². The third-order valence-corrected chi connectivity index (χ3v) is 6.01. The molecule has 1 rings (SSSR count). The van der Waals surface area contributed by atoms with E-state index in [9.17, 15) is 0 Å². The molecule has 0 atom stereocenters. The minimum absolute atomic E-state index is 0.246. The molecular weight excluding hydrogens is 246 g/mol. The van der Waals surface area contributed by atoms with Crippen molar-refractivity contribution in [2.24, 2.45) is 17.1 Å². The topological polar surface area (TPSA) is 32.5 Å². The van der Waals surface area contributed by atoms with E-state index in [1.807, 2.05) is 0 Å². The number of nitrogens with two attached hydrogens (primary N) is 1. The summed E-state index contributed by atoms with van der Waals surface area (Å²) in [4.78, 5) is 4.79. The summed E-state index contributed by atoms with van der Waals surface area (Å²) in [6, 6.07) is 0. The molecule has 0 amide bonds. The zero-order valence-corrected chi connectivity index (χ0v) is 14.7. The van der Waals surface area contributed by atoms with E-state index in [0.717, 1.165) is 25.6 Å². The van der Waals surface area contributed by atoms with Gasteiger partial charge in [0.2, 0.25) is 0 Å². The molecule has 3 nitrogen and oxygen atoms in total. The molecule has 0 aromatic carbocycles. The summed E-state index contributed by atoms with van der Waals surface area (Å²) in [5, 5.41) is 0. The quantitative estimate of drug-likeness (QED) is 0.780. The van der Waals surface area contributed by atoms with Crippen molar-refractivity contribution in [1.82, 2.24) is 9.80 Å². The van der Waals surface area contributed by atoms with E-state index in [-0.39, 0.29) is 5.54 Å². The normalized spacial score (nSPS) is 28.4. The first kappa shape index (κ1) is 17.9. The first-order chi connectivity index (χ1) is 9.27. The smallest absolute Gasteiger partial charge is 0.0329 e. The summed E-state index contributed by atoms with van der Waals surface area (Å²) in [6.07, 6.45) is 6.49. The van der Waals surface area contributed by atoms with Crippen LogP contribution in [0.1, 0.15) is 52.9 Å². The van der Waals surface area contributed by atoms with Gasteiger partial charge in [-0.25, -0.2) is 0 Å². The Morgan fingerprint density at radius 1 is 1.10 bits per heavy atom. The molecule has 2 N–H and O–H groups in total. The molecule has 3 heteroatoms. The van der Waals surface area contributed by atoms with Crippen molar-refractivity contribution in [2.45, 2.75) is 58.4 Å². The average molecular weight is 284 g/mol. The molecule has 120 valence electrons. The Bertz CT molecular complexity index is 278. The predicted octanol–water partition coefficient (Wildman–Crippen LogP) is 2.80. The van der Waals surface area contributed by atoms with Crippen LogP contribution in [0.25, 0.3) is 0 Å². The van der Waals surface area contributed by atoms with Crippen molar-refractivity contribution >= 4 is 0 Å². The highest BCUT2D eigenvalue weighted by Gasteiger charge is 2.40. The van der Waals surface area contributed by atoms with E-state index in [0.29, 0.717) is 5.41 Å². The largest absolute Gasteiger partial charge is 0.329 e. The molecule has 0 radical (unpaired) electrons. The van der Waals surface area contributed by atoms with Crippen LogP contribution in [0.2, 0.25) is 0 Å². The molecule has 20 heavy (non-hydrogen) atoms. The lowest BCUT2D eigenvalue weighted by atomic mass is 9.65. The Hall–Kier alpha value is -0.120. The van der Waals surface area contributed by atoms with Gasteiger partial charge in [0.25, 0.3) is 0 Å². The fourth-order valence-corrected chi connectivity index (χ4v) is 3.55. The molecule has 0 aromatic heterocycles. The maximum absolute atomic E-state index is 6.18. The van der Waals surface area contributed by atoms with Gasteiger partial charge in [-0.2, -0.15) is 0 Å². The number of hydrogen-bond acceptors (Lipinski definition) is 3.